The summed E-state index contributed by atoms with van der Waals surface area (Å²) < 4.78 is 57.5. The van der Waals surface area contributed by atoms with Gasteiger partial charge in [0, 0.05) is 25.2 Å². The lowest BCUT2D eigenvalue weighted by Gasteiger charge is -2.37. The van der Waals surface area contributed by atoms with Gasteiger partial charge in [0.1, 0.15) is 18.2 Å². The summed E-state index contributed by atoms with van der Waals surface area (Å²) in [5.74, 6) is 0.977. The van der Waals surface area contributed by atoms with Gasteiger partial charge in [-0.15, -0.1) is 0 Å². The number of benzene rings is 3. The first-order valence-electron chi connectivity index (χ1n) is 12.8. The predicted molar refractivity (Wildman–Crippen MR) is 145 cm³/mol. The third-order valence-electron chi connectivity index (χ3n) is 6.93. The molecule has 4 rings (SSSR count). The molecule has 1 atom stereocenters. The van der Waals surface area contributed by atoms with Crippen molar-refractivity contribution in [2.24, 2.45) is 0 Å². The maximum Gasteiger partial charge on any atom is 0.254 e. The second kappa shape index (κ2) is 12.0. The summed E-state index contributed by atoms with van der Waals surface area (Å²) in [6.07, 6.45) is 0.586. The van der Waals surface area contributed by atoms with Crippen LogP contribution in [0.25, 0.3) is 0 Å². The van der Waals surface area contributed by atoms with Gasteiger partial charge in [0.25, 0.3) is 5.91 Å². The van der Waals surface area contributed by atoms with Gasteiger partial charge in [-0.1, -0.05) is 13.8 Å². The van der Waals surface area contributed by atoms with E-state index < -0.39 is 16.1 Å². The van der Waals surface area contributed by atoms with E-state index in [1.807, 2.05) is 12.1 Å². The number of carbonyl (C=O) groups excluding carboxylic acids is 1. The zero-order chi connectivity index (χ0) is 28.2. The standard InChI is InChI=1S/C29H33FN2O6S/c1-5-31(6-2)39(34,35)24-13-7-20(8-14-24)29(33)32-16-15-21-17-27(36-3)28(37-4)18-25(21)26(32)19-38-23-11-9-22(30)10-12-23/h7-14,17-18,26H,5-6,15-16,19H2,1-4H3/t26-/m1/s1. The molecular weight excluding hydrogens is 523 g/mol. The third-order valence-corrected chi connectivity index (χ3v) is 8.99. The van der Waals surface area contributed by atoms with Gasteiger partial charge < -0.3 is 19.1 Å². The van der Waals surface area contributed by atoms with E-state index in [1.165, 1.54) is 40.7 Å². The summed E-state index contributed by atoms with van der Waals surface area (Å²) in [6.45, 7) is 4.82. The summed E-state index contributed by atoms with van der Waals surface area (Å²) in [5.41, 5.74) is 2.23. The number of carbonyl (C=O) groups is 1. The Labute approximate surface area is 229 Å². The van der Waals surface area contributed by atoms with Crippen LogP contribution >= 0.6 is 0 Å². The molecule has 0 saturated carbocycles. The largest absolute Gasteiger partial charge is 0.493 e. The Morgan fingerprint density at radius 2 is 1.59 bits per heavy atom. The van der Waals surface area contributed by atoms with Gasteiger partial charge in [-0.2, -0.15) is 4.31 Å². The highest BCUT2D eigenvalue weighted by atomic mass is 32.2. The average molecular weight is 557 g/mol. The summed E-state index contributed by atoms with van der Waals surface area (Å²) in [6, 6.07) is 15.0. The van der Waals surface area contributed by atoms with E-state index >= 15 is 0 Å². The monoisotopic (exact) mass is 556 g/mol. The number of halogens is 1. The lowest BCUT2D eigenvalue weighted by atomic mass is 9.91. The van der Waals surface area contributed by atoms with Crippen LogP contribution in [0, 0.1) is 5.82 Å². The molecule has 0 fully saturated rings. The fraction of sp³-hybridized carbons (Fsp3) is 0.345. The quantitative estimate of drug-likeness (QED) is 0.360. The number of ether oxygens (including phenoxy) is 3. The van der Waals surface area contributed by atoms with Crippen LogP contribution in [0.2, 0.25) is 0 Å². The van der Waals surface area contributed by atoms with Crippen molar-refractivity contribution < 1.29 is 31.8 Å². The van der Waals surface area contributed by atoms with E-state index in [2.05, 4.69) is 0 Å². The zero-order valence-corrected chi connectivity index (χ0v) is 23.3. The molecule has 10 heteroatoms. The van der Waals surface area contributed by atoms with Crippen molar-refractivity contribution in [2.45, 2.75) is 31.2 Å². The van der Waals surface area contributed by atoms with E-state index in [0.29, 0.717) is 48.9 Å². The van der Waals surface area contributed by atoms with Crippen molar-refractivity contribution in [3.05, 3.63) is 83.2 Å². The Kier molecular flexibility index (Phi) is 8.76. The molecule has 3 aromatic carbocycles. The lowest BCUT2D eigenvalue weighted by Crippen LogP contribution is -2.42. The van der Waals surface area contributed by atoms with Crippen molar-refractivity contribution in [2.75, 3.05) is 40.5 Å². The first-order valence-corrected chi connectivity index (χ1v) is 14.2. The molecule has 1 aliphatic rings. The highest BCUT2D eigenvalue weighted by molar-refractivity contribution is 7.89. The molecule has 0 aliphatic carbocycles. The summed E-state index contributed by atoms with van der Waals surface area (Å²) >= 11 is 0. The van der Waals surface area contributed by atoms with Crippen molar-refractivity contribution in [1.82, 2.24) is 9.21 Å². The van der Waals surface area contributed by atoms with Gasteiger partial charge in [0.05, 0.1) is 25.2 Å². The molecule has 1 aliphatic heterocycles. The average Bonchev–Trinajstić information content (AvgIpc) is 2.96. The summed E-state index contributed by atoms with van der Waals surface area (Å²) in [4.78, 5) is 15.6. The Balaban J connectivity index is 1.66. The number of hydrogen-bond donors (Lipinski definition) is 0. The highest BCUT2D eigenvalue weighted by Gasteiger charge is 2.34. The normalized spacial score (nSPS) is 15.1. The molecule has 1 amide bonds. The van der Waals surface area contributed by atoms with Crippen LogP contribution in [-0.2, 0) is 16.4 Å². The van der Waals surface area contributed by atoms with Gasteiger partial charge in [-0.05, 0) is 78.2 Å². The Morgan fingerprint density at radius 3 is 2.18 bits per heavy atom. The summed E-state index contributed by atoms with van der Waals surface area (Å²) in [7, 11) is -0.519. The highest BCUT2D eigenvalue weighted by Crippen LogP contribution is 2.39. The van der Waals surface area contributed by atoms with E-state index in [-0.39, 0.29) is 23.2 Å². The Bertz CT molecular complexity index is 1410. The number of rotatable bonds is 10. The zero-order valence-electron chi connectivity index (χ0n) is 22.5. The molecule has 0 saturated heterocycles. The molecule has 8 nitrogen and oxygen atoms in total. The van der Waals surface area contributed by atoms with Crippen LogP contribution in [0.5, 0.6) is 17.2 Å². The van der Waals surface area contributed by atoms with Gasteiger partial charge in [0.2, 0.25) is 10.0 Å². The van der Waals surface area contributed by atoms with Crippen LogP contribution in [0.4, 0.5) is 4.39 Å². The molecule has 0 unspecified atom stereocenters. The fourth-order valence-corrected chi connectivity index (χ4v) is 6.26. The predicted octanol–water partition coefficient (Wildman–Crippen LogP) is 4.69. The van der Waals surface area contributed by atoms with E-state index in [9.17, 15) is 17.6 Å². The van der Waals surface area contributed by atoms with Crippen LogP contribution in [0.1, 0.15) is 41.4 Å². The number of amides is 1. The van der Waals surface area contributed by atoms with E-state index in [0.717, 1.165) is 11.1 Å². The molecule has 0 radical (unpaired) electrons. The third kappa shape index (κ3) is 5.86. The van der Waals surface area contributed by atoms with Crippen molar-refractivity contribution in [3.8, 4) is 17.2 Å². The Morgan fingerprint density at radius 1 is 0.974 bits per heavy atom. The molecule has 1 heterocycles. The number of fused-ring (bicyclic) bond motifs is 1. The van der Waals surface area contributed by atoms with Crippen molar-refractivity contribution in [1.29, 1.82) is 0 Å². The summed E-state index contributed by atoms with van der Waals surface area (Å²) in [5, 5.41) is 0. The molecule has 0 bridgehead atoms. The first-order chi connectivity index (χ1) is 18.7. The second-order valence-electron chi connectivity index (χ2n) is 9.05. The maximum absolute atomic E-state index is 13.8. The van der Waals surface area contributed by atoms with Crippen molar-refractivity contribution >= 4 is 15.9 Å². The number of sulfonamides is 1. The molecule has 39 heavy (non-hydrogen) atoms. The van der Waals surface area contributed by atoms with Crippen LogP contribution in [0.3, 0.4) is 0 Å². The number of hydrogen-bond acceptors (Lipinski definition) is 6. The smallest absolute Gasteiger partial charge is 0.254 e. The molecular formula is C29H33FN2O6S. The van der Waals surface area contributed by atoms with Crippen LogP contribution in [-0.4, -0.2) is 64.0 Å². The lowest BCUT2D eigenvalue weighted by molar-refractivity contribution is 0.0589. The molecule has 0 N–H and O–H groups in total. The van der Waals surface area contributed by atoms with Gasteiger partial charge in [-0.3, -0.25) is 4.79 Å². The topological polar surface area (TPSA) is 85.4 Å². The minimum Gasteiger partial charge on any atom is -0.493 e. The second-order valence-corrected chi connectivity index (χ2v) is 11.0. The first kappa shape index (κ1) is 28.4. The molecule has 3 aromatic rings. The molecule has 0 spiro atoms. The van der Waals surface area contributed by atoms with Crippen LogP contribution in [0.15, 0.2) is 65.6 Å². The Hall–Kier alpha value is -3.63. The van der Waals surface area contributed by atoms with Gasteiger partial charge in [0.15, 0.2) is 11.5 Å². The van der Waals surface area contributed by atoms with E-state index in [1.54, 1.807) is 45.1 Å². The maximum atomic E-state index is 13.8. The van der Waals surface area contributed by atoms with Crippen molar-refractivity contribution in [3.63, 3.8) is 0 Å². The van der Waals surface area contributed by atoms with Gasteiger partial charge >= 0.3 is 0 Å². The molecule has 0 aromatic heterocycles. The van der Waals surface area contributed by atoms with E-state index in [4.69, 9.17) is 14.2 Å². The minimum absolute atomic E-state index is 0.119. The van der Waals surface area contributed by atoms with Crippen LogP contribution < -0.4 is 14.2 Å². The van der Waals surface area contributed by atoms with Gasteiger partial charge in [-0.25, -0.2) is 12.8 Å². The minimum atomic E-state index is -3.64. The SMILES string of the molecule is CCN(CC)S(=O)(=O)c1ccc(C(=O)N2CCc3cc(OC)c(OC)cc3[C@H]2COc2ccc(F)cc2)cc1. The fourth-order valence-electron chi connectivity index (χ4n) is 4.80. The molecule has 208 valence electrons. The number of methoxy groups -OCH3 is 2. The number of nitrogens with zero attached hydrogens (tertiary/aromatic N) is 2.